The summed E-state index contributed by atoms with van der Waals surface area (Å²) in [4.78, 5) is 24.9. The number of nitrogens with zero attached hydrogens (tertiary/aromatic N) is 4. The zero-order chi connectivity index (χ0) is 14.1. The molecule has 3 rings (SSSR count). The molecule has 1 aromatic rings. The van der Waals surface area contributed by atoms with Gasteiger partial charge in [-0.2, -0.15) is 4.98 Å². The minimum Gasteiger partial charge on any atom is -0.481 e. The van der Waals surface area contributed by atoms with Crippen molar-refractivity contribution in [3.63, 3.8) is 0 Å². The zero-order valence-electron chi connectivity index (χ0n) is 12.0. The highest BCUT2D eigenvalue weighted by atomic mass is 16.5. The van der Waals surface area contributed by atoms with Crippen LogP contribution in [0.5, 0.6) is 5.88 Å². The quantitative estimate of drug-likeness (QED) is 0.817. The van der Waals surface area contributed by atoms with Crippen LogP contribution in [0.15, 0.2) is 12.3 Å². The Balaban J connectivity index is 1.59. The van der Waals surface area contributed by atoms with Gasteiger partial charge in [-0.1, -0.05) is 6.92 Å². The van der Waals surface area contributed by atoms with E-state index in [4.69, 9.17) is 4.74 Å². The van der Waals surface area contributed by atoms with Crippen LogP contribution in [0.25, 0.3) is 0 Å². The summed E-state index contributed by atoms with van der Waals surface area (Å²) in [7, 11) is 1.60. The summed E-state index contributed by atoms with van der Waals surface area (Å²) in [6.45, 7) is 5.20. The second-order valence-corrected chi connectivity index (χ2v) is 5.53. The Hall–Kier alpha value is -1.85. The lowest BCUT2D eigenvalue weighted by Gasteiger charge is -2.34. The molecule has 1 saturated carbocycles. The van der Waals surface area contributed by atoms with Crippen molar-refractivity contribution in [1.29, 1.82) is 0 Å². The van der Waals surface area contributed by atoms with Crippen molar-refractivity contribution in [3.05, 3.63) is 12.3 Å². The van der Waals surface area contributed by atoms with Gasteiger partial charge in [-0.15, -0.1) is 0 Å². The molecule has 6 heteroatoms. The molecule has 2 fully saturated rings. The SMILES string of the molecule is COc1ccnc(N2CCN(C(=O)[C@H]3C[C@H]3C)CC2)n1. The monoisotopic (exact) mass is 276 g/mol. The molecular formula is C14H20N4O2. The number of carbonyl (C=O) groups is 1. The number of rotatable bonds is 3. The van der Waals surface area contributed by atoms with Crippen molar-refractivity contribution >= 4 is 11.9 Å². The molecule has 0 N–H and O–H groups in total. The number of aromatic nitrogens is 2. The summed E-state index contributed by atoms with van der Waals surface area (Å²) in [5, 5.41) is 0. The molecule has 2 heterocycles. The number of carbonyl (C=O) groups excluding carboxylic acids is 1. The van der Waals surface area contributed by atoms with Gasteiger partial charge in [0.1, 0.15) is 0 Å². The minimum absolute atomic E-state index is 0.273. The number of amides is 1. The van der Waals surface area contributed by atoms with Crippen molar-refractivity contribution in [2.75, 3.05) is 38.2 Å². The van der Waals surface area contributed by atoms with E-state index in [9.17, 15) is 4.79 Å². The molecule has 0 bridgehead atoms. The van der Waals surface area contributed by atoms with Gasteiger partial charge in [-0.25, -0.2) is 4.98 Å². The minimum atomic E-state index is 0.273. The van der Waals surface area contributed by atoms with E-state index in [-0.39, 0.29) is 5.92 Å². The van der Waals surface area contributed by atoms with E-state index in [2.05, 4.69) is 21.8 Å². The number of methoxy groups -OCH3 is 1. The van der Waals surface area contributed by atoms with Crippen LogP contribution in [0, 0.1) is 11.8 Å². The highest BCUT2D eigenvalue weighted by molar-refractivity contribution is 5.81. The van der Waals surface area contributed by atoms with Gasteiger partial charge in [0.15, 0.2) is 0 Å². The predicted octanol–water partition coefficient (Wildman–Crippen LogP) is 0.790. The van der Waals surface area contributed by atoms with Gasteiger partial charge in [0.05, 0.1) is 7.11 Å². The van der Waals surface area contributed by atoms with Gasteiger partial charge >= 0.3 is 0 Å². The van der Waals surface area contributed by atoms with E-state index in [1.54, 1.807) is 19.4 Å². The highest BCUT2D eigenvalue weighted by Gasteiger charge is 2.42. The molecular weight excluding hydrogens is 256 g/mol. The largest absolute Gasteiger partial charge is 0.481 e. The van der Waals surface area contributed by atoms with Crippen LogP contribution in [0.2, 0.25) is 0 Å². The molecule has 2 atom stereocenters. The van der Waals surface area contributed by atoms with E-state index in [1.807, 2.05) is 4.90 Å². The fourth-order valence-electron chi connectivity index (χ4n) is 2.63. The van der Waals surface area contributed by atoms with E-state index < -0.39 is 0 Å². The van der Waals surface area contributed by atoms with Crippen molar-refractivity contribution in [2.24, 2.45) is 11.8 Å². The van der Waals surface area contributed by atoms with Crippen molar-refractivity contribution < 1.29 is 9.53 Å². The van der Waals surface area contributed by atoms with Gasteiger partial charge in [0.2, 0.25) is 17.7 Å². The summed E-state index contributed by atoms with van der Waals surface area (Å²) in [6.07, 6.45) is 2.75. The van der Waals surface area contributed by atoms with Gasteiger partial charge < -0.3 is 14.5 Å². The zero-order valence-corrected chi connectivity index (χ0v) is 12.0. The van der Waals surface area contributed by atoms with Crippen LogP contribution in [0.1, 0.15) is 13.3 Å². The smallest absolute Gasteiger partial charge is 0.228 e. The summed E-state index contributed by atoms with van der Waals surface area (Å²) in [5.41, 5.74) is 0. The third kappa shape index (κ3) is 2.55. The number of hydrogen-bond acceptors (Lipinski definition) is 5. The Labute approximate surface area is 118 Å². The molecule has 2 aliphatic rings. The second kappa shape index (κ2) is 5.26. The Kier molecular flexibility index (Phi) is 3.46. The third-order valence-electron chi connectivity index (χ3n) is 4.13. The van der Waals surface area contributed by atoms with Gasteiger partial charge in [0.25, 0.3) is 0 Å². The summed E-state index contributed by atoms with van der Waals surface area (Å²) in [6, 6.07) is 1.73. The number of piperazine rings is 1. The lowest BCUT2D eigenvalue weighted by Crippen LogP contribution is -2.49. The third-order valence-corrected chi connectivity index (χ3v) is 4.13. The van der Waals surface area contributed by atoms with E-state index in [1.165, 1.54) is 0 Å². The average Bonchev–Trinajstić information content (AvgIpc) is 3.24. The van der Waals surface area contributed by atoms with Gasteiger partial charge in [-0.05, 0) is 12.3 Å². The lowest BCUT2D eigenvalue weighted by molar-refractivity contribution is -0.133. The molecule has 0 spiro atoms. The molecule has 108 valence electrons. The van der Waals surface area contributed by atoms with Crippen LogP contribution in [-0.2, 0) is 4.79 Å². The first-order valence-electron chi connectivity index (χ1n) is 7.10. The topological polar surface area (TPSA) is 58.6 Å². The highest BCUT2D eigenvalue weighted by Crippen LogP contribution is 2.39. The maximum Gasteiger partial charge on any atom is 0.228 e. The number of hydrogen-bond donors (Lipinski definition) is 0. The number of anilines is 1. The number of ether oxygens (including phenoxy) is 1. The Bertz CT molecular complexity index is 500. The maximum absolute atomic E-state index is 12.2. The van der Waals surface area contributed by atoms with Crippen molar-refractivity contribution in [3.8, 4) is 5.88 Å². The van der Waals surface area contributed by atoms with Crippen LogP contribution >= 0.6 is 0 Å². The standard InChI is InChI=1S/C14H20N4O2/c1-10-9-11(10)13(19)17-5-7-18(8-6-17)14-15-4-3-12(16-14)20-2/h3-4,10-11H,5-9H2,1-2H3/t10-,11+/m1/s1. The molecule has 0 radical (unpaired) electrons. The molecule has 1 amide bonds. The Morgan fingerprint density at radius 2 is 2.05 bits per heavy atom. The van der Waals surface area contributed by atoms with Crippen LogP contribution in [0.4, 0.5) is 5.95 Å². The first-order valence-corrected chi connectivity index (χ1v) is 7.10. The Morgan fingerprint density at radius 3 is 2.65 bits per heavy atom. The Morgan fingerprint density at radius 1 is 1.35 bits per heavy atom. The average molecular weight is 276 g/mol. The summed E-state index contributed by atoms with van der Waals surface area (Å²) in [5.74, 6) is 2.41. The van der Waals surface area contributed by atoms with Crippen molar-refractivity contribution in [1.82, 2.24) is 14.9 Å². The molecule has 1 aliphatic carbocycles. The predicted molar refractivity (Wildman–Crippen MR) is 74.6 cm³/mol. The fourth-order valence-corrected chi connectivity index (χ4v) is 2.63. The summed E-state index contributed by atoms with van der Waals surface area (Å²) >= 11 is 0. The molecule has 0 unspecified atom stereocenters. The molecule has 0 aromatic carbocycles. The maximum atomic E-state index is 12.2. The fraction of sp³-hybridized carbons (Fsp3) is 0.643. The van der Waals surface area contributed by atoms with Gasteiger partial charge in [0, 0.05) is 44.4 Å². The van der Waals surface area contributed by atoms with Crippen LogP contribution < -0.4 is 9.64 Å². The van der Waals surface area contributed by atoms with Crippen molar-refractivity contribution in [2.45, 2.75) is 13.3 Å². The lowest BCUT2D eigenvalue weighted by atomic mass is 10.2. The van der Waals surface area contributed by atoms with E-state index >= 15 is 0 Å². The first kappa shape index (κ1) is 13.1. The molecule has 1 aromatic heterocycles. The molecule has 6 nitrogen and oxygen atoms in total. The molecule has 1 aliphatic heterocycles. The summed E-state index contributed by atoms with van der Waals surface area (Å²) < 4.78 is 5.11. The first-order chi connectivity index (χ1) is 9.69. The molecule has 20 heavy (non-hydrogen) atoms. The second-order valence-electron chi connectivity index (χ2n) is 5.53. The van der Waals surface area contributed by atoms with Crippen LogP contribution in [-0.4, -0.2) is 54.1 Å². The molecule has 1 saturated heterocycles. The van der Waals surface area contributed by atoms with E-state index in [0.29, 0.717) is 23.7 Å². The normalized spacial score (nSPS) is 25.5. The van der Waals surface area contributed by atoms with Crippen LogP contribution in [0.3, 0.4) is 0 Å². The van der Waals surface area contributed by atoms with E-state index in [0.717, 1.165) is 32.6 Å². The van der Waals surface area contributed by atoms with Gasteiger partial charge in [-0.3, -0.25) is 4.79 Å².